The Labute approximate surface area is 412 Å². The van der Waals surface area contributed by atoms with Gasteiger partial charge in [-0.3, -0.25) is 23.0 Å². The fourth-order valence-corrected chi connectivity index (χ4v) is 11.0. The summed E-state index contributed by atoms with van der Waals surface area (Å²) in [5, 5.41) is 0. The van der Waals surface area contributed by atoms with Crippen LogP contribution >= 0.6 is 0 Å². The molecular formula is C47H56F3N2O15S4+. The first-order valence-electron chi connectivity index (χ1n) is 22.1. The van der Waals surface area contributed by atoms with Crippen molar-refractivity contribution in [1.29, 1.82) is 0 Å². The number of hydrogen-bond acceptors (Lipinski definition) is 12. The standard InChI is InChI=1S/C47H55F3N2O15S4/c1-32-29-37(48)44(50)45(43(32)49)67-42(53)17-11-8-12-24-51-38-20-18-33(70(60,61)62)30-35(38)46(2,22-13-27-68(54,55)56)40(51)15-9-6-5-7-10-16-41-47(3,23-14-28-69(57,58)59)36-31-34(71(63,64)65)19-21-39(36)52(41)25-26-66-4/h5-7,9-10,15-16,18-21,29-31H,8,11-14,17,22-28H2,1-4H3,(H3-,54,55,56,57,58,59,60,61,62,63,64,65)/p+1. The van der Waals surface area contributed by atoms with E-state index < -0.39 is 96.9 Å². The molecule has 3 aromatic rings. The fourth-order valence-electron chi connectivity index (χ4n) is 8.95. The Morgan fingerprint density at radius 3 is 1.90 bits per heavy atom. The number of carbonyl (C=O) groups excluding carboxylic acids is 1. The number of carbonyl (C=O) groups is 1. The first-order chi connectivity index (χ1) is 33.0. The summed E-state index contributed by atoms with van der Waals surface area (Å²) in [5.41, 5.74) is 0.859. The van der Waals surface area contributed by atoms with Gasteiger partial charge in [0, 0.05) is 61.0 Å². The largest absolute Gasteiger partial charge is 0.420 e. The van der Waals surface area contributed by atoms with Crippen LogP contribution in [0.4, 0.5) is 24.5 Å². The van der Waals surface area contributed by atoms with Gasteiger partial charge in [-0.15, -0.1) is 0 Å². The van der Waals surface area contributed by atoms with Crippen LogP contribution in [0.3, 0.4) is 0 Å². The van der Waals surface area contributed by atoms with Gasteiger partial charge in [-0.2, -0.15) is 42.6 Å². The molecule has 0 saturated carbocycles. The number of aryl methyl sites for hydroxylation is 1. The third-order valence-corrected chi connectivity index (χ3v) is 15.7. The number of anilines is 1. The van der Waals surface area contributed by atoms with Crippen molar-refractivity contribution in [1.82, 2.24) is 0 Å². The SMILES string of the molecule is COCCN1C(=CC=CC=CC=CC2=[N+](CCCCCC(=O)Oc3c(F)c(C)cc(F)c3F)c3ccc(S(=O)(=O)O)cc3C2(C)CCCS(=O)(=O)O)C(C)(CCCS(=O)(=O)O)c2cc(S(=O)(=O)O)ccc21. The molecule has 0 aliphatic carbocycles. The number of rotatable bonds is 24. The number of halogens is 3. The molecule has 0 aromatic heterocycles. The molecule has 2 atom stereocenters. The van der Waals surface area contributed by atoms with Gasteiger partial charge in [-0.05, 0) is 113 Å². The number of hydrogen-bond donors (Lipinski definition) is 4. The van der Waals surface area contributed by atoms with Crippen LogP contribution in [0.15, 0.2) is 100 Å². The minimum absolute atomic E-state index is 0.00263. The molecule has 2 aliphatic heterocycles. The predicted molar refractivity (Wildman–Crippen MR) is 258 cm³/mol. The Morgan fingerprint density at radius 2 is 1.30 bits per heavy atom. The van der Waals surface area contributed by atoms with Crippen molar-refractivity contribution in [2.45, 2.75) is 92.8 Å². The van der Waals surface area contributed by atoms with Crippen LogP contribution in [-0.2, 0) is 60.8 Å². The van der Waals surface area contributed by atoms with Crippen molar-refractivity contribution in [2.75, 3.05) is 43.2 Å². The van der Waals surface area contributed by atoms with Crippen molar-refractivity contribution in [3.8, 4) is 5.75 Å². The molecule has 388 valence electrons. The predicted octanol–water partition coefficient (Wildman–Crippen LogP) is 7.74. The Hall–Kier alpha value is -5.05. The fraction of sp³-hybridized carbons (Fsp3) is 0.404. The quantitative estimate of drug-likeness (QED) is 0.0127. The van der Waals surface area contributed by atoms with Crippen molar-refractivity contribution in [3.05, 3.63) is 125 Å². The van der Waals surface area contributed by atoms with E-state index in [2.05, 4.69) is 0 Å². The van der Waals surface area contributed by atoms with E-state index in [-0.39, 0.29) is 62.1 Å². The monoisotopic (exact) mass is 1070 g/mol. The topological polar surface area (TPSA) is 259 Å². The highest BCUT2D eigenvalue weighted by Crippen LogP contribution is 2.51. The summed E-state index contributed by atoms with van der Waals surface area (Å²) in [7, 11) is -16.6. The molecule has 2 heterocycles. The van der Waals surface area contributed by atoms with E-state index in [4.69, 9.17) is 9.47 Å². The van der Waals surface area contributed by atoms with E-state index in [1.807, 2.05) is 9.48 Å². The zero-order valence-corrected chi connectivity index (χ0v) is 42.5. The number of fused-ring (bicyclic) bond motifs is 2. The van der Waals surface area contributed by atoms with E-state index >= 15 is 0 Å². The zero-order chi connectivity index (χ0) is 52.7. The third kappa shape index (κ3) is 14.1. The normalized spacial score (nSPS) is 19.3. The summed E-state index contributed by atoms with van der Waals surface area (Å²) >= 11 is 0. The molecule has 2 aliphatic rings. The van der Waals surface area contributed by atoms with Gasteiger partial charge in [-0.25, -0.2) is 8.78 Å². The highest BCUT2D eigenvalue weighted by Gasteiger charge is 2.48. The van der Waals surface area contributed by atoms with E-state index in [9.17, 15) is 69.8 Å². The number of nitrogens with zero attached hydrogens (tertiary/aromatic N) is 2. The van der Waals surface area contributed by atoms with Crippen LogP contribution in [0.5, 0.6) is 5.75 Å². The molecule has 24 heteroatoms. The summed E-state index contributed by atoms with van der Waals surface area (Å²) in [6.45, 7) is 5.53. The Morgan fingerprint density at radius 1 is 0.718 bits per heavy atom. The molecule has 0 spiro atoms. The first kappa shape index (κ1) is 56.9. The van der Waals surface area contributed by atoms with Gasteiger partial charge < -0.3 is 14.4 Å². The van der Waals surface area contributed by atoms with Crippen LogP contribution in [-0.4, -0.2) is 106 Å². The molecule has 4 N–H and O–H groups in total. The lowest BCUT2D eigenvalue weighted by atomic mass is 9.76. The maximum absolute atomic E-state index is 14.5. The second kappa shape index (κ2) is 22.8. The zero-order valence-electron chi connectivity index (χ0n) is 39.2. The molecule has 2 unspecified atom stereocenters. The summed E-state index contributed by atoms with van der Waals surface area (Å²) in [5.74, 6) is -7.52. The van der Waals surface area contributed by atoms with Crippen molar-refractivity contribution < 1.29 is 83.9 Å². The number of methoxy groups -OCH3 is 1. The number of ether oxygens (including phenoxy) is 2. The van der Waals surface area contributed by atoms with Crippen LogP contribution in [0.1, 0.15) is 81.9 Å². The highest BCUT2D eigenvalue weighted by atomic mass is 32.2. The van der Waals surface area contributed by atoms with Crippen molar-refractivity contribution in [3.63, 3.8) is 0 Å². The van der Waals surface area contributed by atoms with Crippen LogP contribution in [0.2, 0.25) is 0 Å². The molecule has 17 nitrogen and oxygen atoms in total. The average Bonchev–Trinajstić information content (AvgIpc) is 3.63. The molecule has 71 heavy (non-hydrogen) atoms. The molecular weight excluding hydrogens is 1020 g/mol. The minimum atomic E-state index is -4.70. The maximum Gasteiger partial charge on any atom is 0.311 e. The maximum atomic E-state index is 14.5. The van der Waals surface area contributed by atoms with Gasteiger partial charge >= 0.3 is 5.97 Å². The Bertz CT molecular complexity index is 3130. The second-order valence-corrected chi connectivity index (χ2v) is 23.5. The lowest BCUT2D eigenvalue weighted by molar-refractivity contribution is -0.438. The smallest absolute Gasteiger partial charge is 0.311 e. The summed E-state index contributed by atoms with van der Waals surface area (Å²) in [4.78, 5) is 13.7. The van der Waals surface area contributed by atoms with E-state index in [1.165, 1.54) is 50.4 Å². The first-order valence-corrected chi connectivity index (χ1v) is 28.2. The van der Waals surface area contributed by atoms with Gasteiger partial charge in [0.05, 0.1) is 33.3 Å². The minimum Gasteiger partial charge on any atom is -0.420 e. The number of allylic oxidation sites excluding steroid dienone is 8. The number of esters is 1. The van der Waals surface area contributed by atoms with Crippen molar-refractivity contribution in [2.24, 2.45) is 0 Å². The summed E-state index contributed by atoms with van der Waals surface area (Å²) < 4.78 is 190. The molecule has 0 amide bonds. The number of benzene rings is 3. The highest BCUT2D eigenvalue weighted by molar-refractivity contribution is 7.86. The molecule has 0 saturated heterocycles. The molecule has 5 rings (SSSR count). The van der Waals surface area contributed by atoms with Gasteiger partial charge in [-0.1, -0.05) is 30.4 Å². The van der Waals surface area contributed by atoms with Crippen LogP contribution in [0, 0.1) is 24.4 Å². The van der Waals surface area contributed by atoms with Crippen LogP contribution in [0.25, 0.3) is 0 Å². The Balaban J connectivity index is 1.46. The van der Waals surface area contributed by atoms with Gasteiger partial charge in [0.25, 0.3) is 40.5 Å². The molecule has 0 fully saturated rings. The third-order valence-electron chi connectivity index (χ3n) is 12.4. The Kier molecular flexibility index (Phi) is 18.3. The lowest BCUT2D eigenvalue weighted by Gasteiger charge is -2.30. The lowest BCUT2D eigenvalue weighted by Crippen LogP contribution is -2.32. The van der Waals surface area contributed by atoms with E-state index in [0.717, 1.165) is 0 Å². The molecule has 0 bridgehead atoms. The second-order valence-electron chi connectivity index (χ2n) is 17.5. The summed E-state index contributed by atoms with van der Waals surface area (Å²) in [6, 6.07) is 8.74. The average molecular weight is 1070 g/mol. The van der Waals surface area contributed by atoms with E-state index in [0.29, 0.717) is 59.4 Å². The molecule has 3 aromatic carbocycles. The van der Waals surface area contributed by atoms with Gasteiger partial charge in [0.15, 0.2) is 17.3 Å². The number of unbranched alkanes of at least 4 members (excludes halogenated alkanes) is 2. The van der Waals surface area contributed by atoms with E-state index in [1.54, 1.807) is 56.4 Å². The van der Waals surface area contributed by atoms with Crippen molar-refractivity contribution >= 4 is 63.5 Å². The van der Waals surface area contributed by atoms with Crippen LogP contribution < -0.4 is 9.64 Å². The van der Waals surface area contributed by atoms with Gasteiger partial charge in [0.1, 0.15) is 6.54 Å². The van der Waals surface area contributed by atoms with Gasteiger partial charge in [0.2, 0.25) is 17.3 Å². The summed E-state index contributed by atoms with van der Waals surface area (Å²) in [6.07, 6.45) is 12.7. The molecule has 0 radical (unpaired) electrons.